The Morgan fingerprint density at radius 3 is 2.57 bits per heavy atom. The van der Waals surface area contributed by atoms with Gasteiger partial charge < -0.3 is 10.1 Å². The molecule has 1 N–H and O–H groups in total. The summed E-state index contributed by atoms with van der Waals surface area (Å²) in [6.45, 7) is 1.57. The van der Waals surface area contributed by atoms with Crippen molar-refractivity contribution in [3.8, 4) is 5.75 Å². The summed E-state index contributed by atoms with van der Waals surface area (Å²) in [6.07, 6.45) is 3.33. The highest BCUT2D eigenvalue weighted by atomic mass is 79.9. The van der Waals surface area contributed by atoms with E-state index in [9.17, 15) is 0 Å². The van der Waals surface area contributed by atoms with Crippen molar-refractivity contribution in [2.75, 3.05) is 13.7 Å². The van der Waals surface area contributed by atoms with E-state index in [2.05, 4.69) is 57.6 Å². The van der Waals surface area contributed by atoms with E-state index in [4.69, 9.17) is 4.74 Å². The van der Waals surface area contributed by atoms with Crippen LogP contribution in [0.2, 0.25) is 0 Å². The normalized spacial score (nSPS) is 10.6. The maximum absolute atomic E-state index is 5.97. The van der Waals surface area contributed by atoms with Crippen molar-refractivity contribution in [1.29, 1.82) is 0 Å². The summed E-state index contributed by atoms with van der Waals surface area (Å²) in [7, 11) is 1.95. The lowest BCUT2D eigenvalue weighted by Gasteiger charge is -2.13. The molecule has 2 aromatic rings. The lowest BCUT2D eigenvalue weighted by molar-refractivity contribution is 0.301. The van der Waals surface area contributed by atoms with Gasteiger partial charge in [0.15, 0.2) is 0 Å². The van der Waals surface area contributed by atoms with Gasteiger partial charge in [-0.3, -0.25) is 0 Å². The van der Waals surface area contributed by atoms with E-state index in [1.54, 1.807) is 0 Å². The van der Waals surface area contributed by atoms with Crippen LogP contribution in [0, 0.1) is 0 Å². The van der Waals surface area contributed by atoms with Crippen molar-refractivity contribution in [2.45, 2.75) is 25.8 Å². The molecule has 3 heteroatoms. The molecular formula is C18H22BrNO. The van der Waals surface area contributed by atoms with Gasteiger partial charge in [0, 0.05) is 12.1 Å². The number of halogens is 1. The van der Waals surface area contributed by atoms with Crippen molar-refractivity contribution in [2.24, 2.45) is 0 Å². The maximum Gasteiger partial charge on any atom is 0.137 e. The highest BCUT2D eigenvalue weighted by Crippen LogP contribution is 2.29. The zero-order valence-electron chi connectivity index (χ0n) is 12.4. The number of ether oxygens (including phenoxy) is 1. The average molecular weight is 348 g/mol. The number of unbranched alkanes of at least 4 members (excludes halogenated alkanes) is 1. The van der Waals surface area contributed by atoms with Gasteiger partial charge in [0.05, 0.1) is 11.1 Å². The van der Waals surface area contributed by atoms with Crippen molar-refractivity contribution < 1.29 is 4.74 Å². The number of rotatable bonds is 8. The van der Waals surface area contributed by atoms with Crippen LogP contribution in [0.15, 0.2) is 53.0 Å². The molecule has 0 radical (unpaired) electrons. The molecule has 0 amide bonds. The van der Waals surface area contributed by atoms with Crippen LogP contribution in [0.3, 0.4) is 0 Å². The molecule has 0 fully saturated rings. The fourth-order valence-corrected chi connectivity index (χ4v) is 2.82. The van der Waals surface area contributed by atoms with Gasteiger partial charge in [-0.15, -0.1) is 0 Å². The molecule has 0 unspecified atom stereocenters. The zero-order chi connectivity index (χ0) is 14.9. The Kier molecular flexibility index (Phi) is 6.77. The van der Waals surface area contributed by atoms with E-state index < -0.39 is 0 Å². The molecule has 2 aromatic carbocycles. The molecule has 0 aliphatic rings. The van der Waals surface area contributed by atoms with Crippen LogP contribution in [0.25, 0.3) is 0 Å². The van der Waals surface area contributed by atoms with Gasteiger partial charge >= 0.3 is 0 Å². The van der Waals surface area contributed by atoms with Crippen LogP contribution in [-0.2, 0) is 13.0 Å². The first-order valence-electron chi connectivity index (χ1n) is 7.40. The third-order valence-electron chi connectivity index (χ3n) is 3.36. The number of nitrogens with one attached hydrogen (secondary N) is 1. The summed E-state index contributed by atoms with van der Waals surface area (Å²) in [5.41, 5.74) is 2.59. The minimum absolute atomic E-state index is 0.756. The summed E-state index contributed by atoms with van der Waals surface area (Å²) in [5, 5.41) is 3.17. The average Bonchev–Trinajstić information content (AvgIpc) is 2.51. The lowest BCUT2D eigenvalue weighted by atomic mass is 10.1. The maximum atomic E-state index is 5.97. The second-order valence-electron chi connectivity index (χ2n) is 5.05. The zero-order valence-corrected chi connectivity index (χ0v) is 14.0. The number of hydrogen-bond acceptors (Lipinski definition) is 2. The fourth-order valence-electron chi connectivity index (χ4n) is 2.29. The monoisotopic (exact) mass is 347 g/mol. The summed E-state index contributed by atoms with van der Waals surface area (Å²) in [5.74, 6) is 0.964. The third kappa shape index (κ3) is 5.18. The van der Waals surface area contributed by atoms with Gasteiger partial charge in [0.1, 0.15) is 5.75 Å². The van der Waals surface area contributed by atoms with E-state index in [-0.39, 0.29) is 0 Å². The Morgan fingerprint density at radius 2 is 1.81 bits per heavy atom. The molecule has 0 spiro atoms. The van der Waals surface area contributed by atoms with Crippen LogP contribution in [-0.4, -0.2) is 13.7 Å². The minimum Gasteiger partial charge on any atom is -0.492 e. The highest BCUT2D eigenvalue weighted by Gasteiger charge is 2.07. The minimum atomic E-state index is 0.756. The first kappa shape index (κ1) is 16.1. The number of hydrogen-bond donors (Lipinski definition) is 1. The van der Waals surface area contributed by atoms with E-state index >= 15 is 0 Å². The molecule has 21 heavy (non-hydrogen) atoms. The van der Waals surface area contributed by atoms with Crippen LogP contribution in [0.5, 0.6) is 5.75 Å². The Balaban J connectivity index is 1.78. The Morgan fingerprint density at radius 1 is 1.00 bits per heavy atom. The molecule has 0 aliphatic heterocycles. The SMILES string of the molecule is CNCc1cccc(Br)c1OCCCCc1ccccc1. The third-order valence-corrected chi connectivity index (χ3v) is 3.99. The molecule has 2 nitrogen and oxygen atoms in total. The van der Waals surface area contributed by atoms with Gasteiger partial charge in [-0.2, -0.15) is 0 Å². The standard InChI is InChI=1S/C18H22BrNO/c1-20-14-16-11-7-12-17(19)18(16)21-13-6-5-10-15-8-3-2-4-9-15/h2-4,7-9,11-12,20H,5-6,10,13-14H2,1H3. The topological polar surface area (TPSA) is 21.3 Å². The number of benzene rings is 2. The van der Waals surface area contributed by atoms with Crippen molar-refractivity contribution in [3.05, 3.63) is 64.1 Å². The smallest absolute Gasteiger partial charge is 0.137 e. The Bertz CT molecular complexity index is 542. The quantitative estimate of drug-likeness (QED) is 0.706. The Hall–Kier alpha value is -1.32. The second kappa shape index (κ2) is 8.85. The van der Waals surface area contributed by atoms with Crippen molar-refractivity contribution in [3.63, 3.8) is 0 Å². The first-order chi connectivity index (χ1) is 10.3. The van der Waals surface area contributed by atoms with Crippen molar-refractivity contribution in [1.82, 2.24) is 5.32 Å². The van der Waals surface area contributed by atoms with Gasteiger partial charge in [0.25, 0.3) is 0 Å². The predicted molar refractivity (Wildman–Crippen MR) is 91.8 cm³/mol. The molecule has 0 aromatic heterocycles. The molecule has 0 saturated carbocycles. The van der Waals surface area contributed by atoms with Gasteiger partial charge in [-0.05, 0) is 53.9 Å². The van der Waals surface area contributed by atoms with Crippen LogP contribution >= 0.6 is 15.9 Å². The second-order valence-corrected chi connectivity index (χ2v) is 5.90. The lowest BCUT2D eigenvalue weighted by Crippen LogP contribution is -2.08. The van der Waals surface area contributed by atoms with E-state index in [1.807, 2.05) is 19.2 Å². The molecule has 2 rings (SSSR count). The molecule has 0 aliphatic carbocycles. The molecule has 0 bridgehead atoms. The largest absolute Gasteiger partial charge is 0.492 e. The molecular weight excluding hydrogens is 326 g/mol. The predicted octanol–water partition coefficient (Wildman–Crippen LogP) is 4.57. The van der Waals surface area contributed by atoms with E-state index in [1.165, 1.54) is 11.1 Å². The van der Waals surface area contributed by atoms with Crippen LogP contribution in [0.1, 0.15) is 24.0 Å². The van der Waals surface area contributed by atoms with Crippen molar-refractivity contribution >= 4 is 15.9 Å². The van der Waals surface area contributed by atoms with Gasteiger partial charge in [0.2, 0.25) is 0 Å². The molecule has 0 heterocycles. The Labute approximate surface area is 135 Å². The van der Waals surface area contributed by atoms with E-state index in [0.717, 1.165) is 42.6 Å². The summed E-state index contributed by atoms with van der Waals surface area (Å²) < 4.78 is 7.00. The van der Waals surface area contributed by atoms with Crippen LogP contribution in [0.4, 0.5) is 0 Å². The summed E-state index contributed by atoms with van der Waals surface area (Å²) in [6, 6.07) is 16.8. The van der Waals surface area contributed by atoms with E-state index in [0.29, 0.717) is 0 Å². The molecule has 0 atom stereocenters. The van der Waals surface area contributed by atoms with Gasteiger partial charge in [-0.25, -0.2) is 0 Å². The molecule has 112 valence electrons. The molecule has 0 saturated heterocycles. The summed E-state index contributed by atoms with van der Waals surface area (Å²) in [4.78, 5) is 0. The summed E-state index contributed by atoms with van der Waals surface area (Å²) >= 11 is 3.57. The van der Waals surface area contributed by atoms with Gasteiger partial charge in [-0.1, -0.05) is 42.5 Å². The van der Waals surface area contributed by atoms with Crippen LogP contribution < -0.4 is 10.1 Å². The fraction of sp³-hybridized carbons (Fsp3) is 0.333. The first-order valence-corrected chi connectivity index (χ1v) is 8.19. The highest BCUT2D eigenvalue weighted by molar-refractivity contribution is 9.10. The number of aryl methyl sites for hydroxylation is 1. The number of para-hydroxylation sites is 1.